The lowest BCUT2D eigenvalue weighted by molar-refractivity contribution is -0.138. The van der Waals surface area contributed by atoms with Crippen LogP contribution in [0, 0.1) is 11.8 Å². The SMILES string of the molecule is CCN(Cc1ccccc1)C1=C(c2ccc(OCC(C)C)cc2)C(=O)N(CC(C)C)C1=O. The first-order chi connectivity index (χ1) is 15.3. The Morgan fingerprint density at radius 1 is 0.875 bits per heavy atom. The molecule has 32 heavy (non-hydrogen) atoms. The van der Waals surface area contributed by atoms with Gasteiger partial charge in [-0.3, -0.25) is 14.5 Å². The van der Waals surface area contributed by atoms with Gasteiger partial charge in [-0.2, -0.15) is 0 Å². The quantitative estimate of drug-likeness (QED) is 0.495. The molecule has 1 aliphatic heterocycles. The average Bonchev–Trinajstić information content (AvgIpc) is 3.01. The van der Waals surface area contributed by atoms with Crippen molar-refractivity contribution in [2.75, 3.05) is 19.7 Å². The fraction of sp³-hybridized carbons (Fsp3) is 0.407. The van der Waals surface area contributed by atoms with Crippen LogP contribution in [0.5, 0.6) is 5.75 Å². The van der Waals surface area contributed by atoms with Gasteiger partial charge in [-0.25, -0.2) is 0 Å². The van der Waals surface area contributed by atoms with Crippen molar-refractivity contribution < 1.29 is 14.3 Å². The number of likely N-dealkylation sites (N-methyl/N-ethyl adjacent to an activating group) is 1. The topological polar surface area (TPSA) is 49.9 Å². The molecule has 0 aromatic heterocycles. The minimum Gasteiger partial charge on any atom is -0.493 e. The molecule has 170 valence electrons. The molecule has 0 atom stereocenters. The molecular weight excluding hydrogens is 400 g/mol. The summed E-state index contributed by atoms with van der Waals surface area (Å²) in [6.07, 6.45) is 0. The Kier molecular flexibility index (Phi) is 7.73. The Hall–Kier alpha value is -3.08. The van der Waals surface area contributed by atoms with E-state index in [-0.39, 0.29) is 17.7 Å². The van der Waals surface area contributed by atoms with Gasteiger partial charge >= 0.3 is 0 Å². The van der Waals surface area contributed by atoms with Gasteiger partial charge in [0, 0.05) is 19.6 Å². The minimum atomic E-state index is -0.221. The number of imide groups is 1. The van der Waals surface area contributed by atoms with Crippen LogP contribution < -0.4 is 4.74 Å². The molecule has 5 heteroatoms. The van der Waals surface area contributed by atoms with Crippen molar-refractivity contribution in [3.8, 4) is 5.75 Å². The summed E-state index contributed by atoms with van der Waals surface area (Å²) >= 11 is 0. The third-order valence-corrected chi connectivity index (χ3v) is 5.33. The highest BCUT2D eigenvalue weighted by molar-refractivity contribution is 6.35. The molecular formula is C27H34N2O3. The highest BCUT2D eigenvalue weighted by atomic mass is 16.5. The minimum absolute atomic E-state index is 0.194. The van der Waals surface area contributed by atoms with Crippen molar-refractivity contribution in [2.24, 2.45) is 11.8 Å². The molecule has 0 spiro atoms. The monoisotopic (exact) mass is 434 g/mol. The molecule has 0 fully saturated rings. The van der Waals surface area contributed by atoms with Crippen LogP contribution in [0.4, 0.5) is 0 Å². The largest absolute Gasteiger partial charge is 0.493 e. The van der Waals surface area contributed by atoms with E-state index in [1.54, 1.807) is 0 Å². The number of benzene rings is 2. The van der Waals surface area contributed by atoms with Crippen LogP contribution in [0.25, 0.3) is 5.57 Å². The summed E-state index contributed by atoms with van der Waals surface area (Å²) in [5, 5.41) is 0. The zero-order chi connectivity index (χ0) is 23.3. The van der Waals surface area contributed by atoms with E-state index in [0.717, 1.165) is 16.9 Å². The van der Waals surface area contributed by atoms with Crippen molar-refractivity contribution in [1.29, 1.82) is 0 Å². The maximum Gasteiger partial charge on any atom is 0.277 e. The van der Waals surface area contributed by atoms with Gasteiger partial charge in [0.05, 0.1) is 12.2 Å². The second kappa shape index (κ2) is 10.5. The lowest BCUT2D eigenvalue weighted by atomic mass is 10.0. The molecule has 3 rings (SSSR count). The van der Waals surface area contributed by atoms with E-state index >= 15 is 0 Å². The third-order valence-electron chi connectivity index (χ3n) is 5.33. The van der Waals surface area contributed by atoms with Crippen LogP contribution in [0.15, 0.2) is 60.3 Å². The smallest absolute Gasteiger partial charge is 0.277 e. The van der Waals surface area contributed by atoms with Gasteiger partial charge in [-0.1, -0.05) is 70.2 Å². The normalized spacial score (nSPS) is 14.2. The molecule has 1 aliphatic rings. The fourth-order valence-corrected chi connectivity index (χ4v) is 3.78. The predicted octanol–water partition coefficient (Wildman–Crippen LogP) is 4.98. The number of hydrogen-bond acceptors (Lipinski definition) is 4. The van der Waals surface area contributed by atoms with E-state index in [9.17, 15) is 9.59 Å². The van der Waals surface area contributed by atoms with Crippen LogP contribution in [0.3, 0.4) is 0 Å². The van der Waals surface area contributed by atoms with Crippen LogP contribution in [-0.2, 0) is 16.1 Å². The van der Waals surface area contributed by atoms with Crippen molar-refractivity contribution in [3.05, 3.63) is 71.4 Å². The summed E-state index contributed by atoms with van der Waals surface area (Å²) in [5.74, 6) is 0.952. The Bertz CT molecular complexity index is 962. The number of carbonyl (C=O) groups is 2. The number of rotatable bonds is 10. The lowest BCUT2D eigenvalue weighted by Crippen LogP contribution is -2.37. The van der Waals surface area contributed by atoms with Gasteiger partial charge in [0.1, 0.15) is 11.4 Å². The van der Waals surface area contributed by atoms with E-state index in [4.69, 9.17) is 4.74 Å². The Morgan fingerprint density at radius 2 is 1.53 bits per heavy atom. The number of amides is 2. The highest BCUT2D eigenvalue weighted by Gasteiger charge is 2.41. The van der Waals surface area contributed by atoms with Gasteiger partial charge in [0.15, 0.2) is 0 Å². The van der Waals surface area contributed by atoms with Gasteiger partial charge < -0.3 is 9.64 Å². The van der Waals surface area contributed by atoms with Crippen LogP contribution in [-0.4, -0.2) is 41.3 Å². The highest BCUT2D eigenvalue weighted by Crippen LogP contribution is 2.33. The number of carbonyl (C=O) groups excluding carboxylic acids is 2. The van der Waals surface area contributed by atoms with Crippen LogP contribution in [0.2, 0.25) is 0 Å². The molecule has 2 amide bonds. The molecule has 0 unspecified atom stereocenters. The number of ether oxygens (including phenoxy) is 1. The first-order valence-electron chi connectivity index (χ1n) is 11.4. The second-order valence-electron chi connectivity index (χ2n) is 9.07. The van der Waals surface area contributed by atoms with Crippen molar-refractivity contribution >= 4 is 17.4 Å². The molecule has 2 aromatic carbocycles. The maximum atomic E-state index is 13.5. The zero-order valence-electron chi connectivity index (χ0n) is 19.8. The first kappa shape index (κ1) is 23.6. The fourth-order valence-electron chi connectivity index (χ4n) is 3.78. The Labute approximate surface area is 191 Å². The summed E-state index contributed by atoms with van der Waals surface area (Å²) in [6, 6.07) is 17.5. The van der Waals surface area contributed by atoms with Gasteiger partial charge in [-0.15, -0.1) is 0 Å². The summed E-state index contributed by atoms with van der Waals surface area (Å²) in [5.41, 5.74) is 2.80. The second-order valence-corrected chi connectivity index (χ2v) is 9.07. The standard InChI is InChI=1S/C27H34N2O3/c1-6-28(17-21-10-8-7-9-11-21)25-24(26(30)29(27(25)31)16-19(2)3)22-12-14-23(15-13-22)32-18-20(4)5/h7-15,19-20H,6,16-18H2,1-5H3. The van der Waals surface area contributed by atoms with Crippen molar-refractivity contribution in [2.45, 2.75) is 41.2 Å². The van der Waals surface area contributed by atoms with E-state index in [0.29, 0.717) is 43.4 Å². The van der Waals surface area contributed by atoms with E-state index in [2.05, 4.69) is 13.8 Å². The summed E-state index contributed by atoms with van der Waals surface area (Å²) in [6.45, 7) is 12.5. The predicted molar refractivity (Wildman–Crippen MR) is 128 cm³/mol. The van der Waals surface area contributed by atoms with Crippen LogP contribution in [0.1, 0.15) is 45.7 Å². The molecule has 0 saturated carbocycles. The maximum absolute atomic E-state index is 13.5. The average molecular weight is 435 g/mol. The first-order valence-corrected chi connectivity index (χ1v) is 11.4. The Morgan fingerprint density at radius 3 is 2.09 bits per heavy atom. The Balaban J connectivity index is 2.00. The molecule has 0 bridgehead atoms. The van der Waals surface area contributed by atoms with Crippen molar-refractivity contribution in [3.63, 3.8) is 0 Å². The third kappa shape index (κ3) is 5.39. The lowest BCUT2D eigenvalue weighted by Gasteiger charge is -2.25. The van der Waals surface area contributed by atoms with Crippen LogP contribution >= 0.6 is 0 Å². The molecule has 0 saturated heterocycles. The van der Waals surface area contributed by atoms with Gasteiger partial charge in [0.2, 0.25) is 0 Å². The van der Waals surface area contributed by atoms with Crippen molar-refractivity contribution in [1.82, 2.24) is 9.80 Å². The molecule has 1 heterocycles. The molecule has 0 radical (unpaired) electrons. The zero-order valence-corrected chi connectivity index (χ0v) is 19.8. The number of nitrogens with zero attached hydrogens (tertiary/aromatic N) is 2. The van der Waals surface area contributed by atoms with Gasteiger partial charge in [0.25, 0.3) is 11.8 Å². The van der Waals surface area contributed by atoms with E-state index in [1.165, 1.54) is 4.90 Å². The molecule has 5 nitrogen and oxygen atoms in total. The summed E-state index contributed by atoms with van der Waals surface area (Å²) in [4.78, 5) is 30.3. The molecule has 0 aliphatic carbocycles. The van der Waals surface area contributed by atoms with E-state index in [1.807, 2.05) is 80.3 Å². The number of hydrogen-bond donors (Lipinski definition) is 0. The summed E-state index contributed by atoms with van der Waals surface area (Å²) in [7, 11) is 0. The van der Waals surface area contributed by atoms with E-state index < -0.39 is 0 Å². The molecule has 0 N–H and O–H groups in total. The molecule has 2 aromatic rings. The van der Waals surface area contributed by atoms with Gasteiger partial charge in [-0.05, 0) is 42.0 Å². The summed E-state index contributed by atoms with van der Waals surface area (Å²) < 4.78 is 5.79.